The van der Waals surface area contributed by atoms with Gasteiger partial charge in [-0.1, -0.05) is 31.2 Å². The normalized spacial score (nSPS) is 43.2. The van der Waals surface area contributed by atoms with Crippen LogP contribution in [0.25, 0.3) is 16.3 Å². The van der Waals surface area contributed by atoms with Gasteiger partial charge in [0.15, 0.2) is 0 Å². The molecule has 0 radical (unpaired) electrons. The number of hydrogen-bond acceptors (Lipinski definition) is 7. The summed E-state index contributed by atoms with van der Waals surface area (Å²) in [6.07, 6.45) is 8.72. The van der Waals surface area contributed by atoms with Crippen LogP contribution in [0.2, 0.25) is 0 Å². The first-order valence-corrected chi connectivity index (χ1v) is 13.8. The molecule has 2 aliphatic heterocycles. The van der Waals surface area contributed by atoms with Gasteiger partial charge in [0.2, 0.25) is 0 Å². The van der Waals surface area contributed by atoms with E-state index in [4.69, 9.17) is 10.5 Å². The van der Waals surface area contributed by atoms with Gasteiger partial charge in [-0.05, 0) is 92.3 Å². The molecule has 1 saturated heterocycles. The minimum atomic E-state index is -1.03. The summed E-state index contributed by atoms with van der Waals surface area (Å²) in [4.78, 5) is 6.29. The first-order valence-electron chi connectivity index (χ1n) is 13.8. The van der Waals surface area contributed by atoms with Gasteiger partial charge in [-0.25, -0.2) is 4.98 Å². The number of likely N-dealkylation sites (N-methyl/N-ethyl adjacent to an activating group) is 1. The van der Waals surface area contributed by atoms with E-state index in [1.54, 1.807) is 6.20 Å². The fourth-order valence-electron chi connectivity index (χ4n) is 9.05. The average Bonchev–Trinajstić information content (AvgIpc) is 3.43. The number of rotatable bonds is 2. The highest BCUT2D eigenvalue weighted by atomic mass is 16.5. The molecule has 7 nitrogen and oxygen atoms in total. The number of pyridine rings is 1. The zero-order valence-electron chi connectivity index (χ0n) is 22.3. The van der Waals surface area contributed by atoms with E-state index >= 15 is 0 Å². The molecule has 2 saturated carbocycles. The van der Waals surface area contributed by atoms with Gasteiger partial charge in [-0.3, -0.25) is 0 Å². The Morgan fingerprint density at radius 3 is 2.74 bits per heavy atom. The van der Waals surface area contributed by atoms with Crippen LogP contribution >= 0.6 is 0 Å². The first kappa shape index (κ1) is 24.3. The summed E-state index contributed by atoms with van der Waals surface area (Å²) in [5, 5.41) is 35.0. The summed E-state index contributed by atoms with van der Waals surface area (Å²) in [6.45, 7) is 2.35. The predicted molar refractivity (Wildman–Crippen MR) is 146 cm³/mol. The SMILES string of the molecule is CN(C)[C@H]1C[C@@]23CC[C@]4(O2)C2CC=C(c5ccc6ccnc(N)c6c5)[C@@]2(C)CCC4(C#N)C=C3[C@@H](O)[C@@H]1O. The molecular formula is C31H36N4O3. The van der Waals surface area contributed by atoms with Crippen molar-refractivity contribution in [3.8, 4) is 6.07 Å². The third-order valence-corrected chi connectivity index (χ3v) is 11.1. The number of hydrogen-bond donors (Lipinski definition) is 3. The molecule has 3 aliphatic carbocycles. The number of aliphatic hydroxyl groups is 2. The minimum absolute atomic E-state index is 0.138. The fraction of sp³-hybridized carbons (Fsp3) is 0.548. The Balaban J connectivity index is 1.33. The Labute approximate surface area is 223 Å². The third kappa shape index (κ3) is 2.79. The predicted octanol–water partition coefficient (Wildman–Crippen LogP) is 3.81. The number of fused-ring (bicyclic) bond motifs is 2. The lowest BCUT2D eigenvalue weighted by atomic mass is 9.49. The maximum absolute atomic E-state index is 11.3. The molecule has 2 aromatic rings. The van der Waals surface area contributed by atoms with Crippen LogP contribution < -0.4 is 5.73 Å². The van der Waals surface area contributed by atoms with Crippen LogP contribution in [0.5, 0.6) is 0 Å². The summed E-state index contributed by atoms with van der Waals surface area (Å²) in [6, 6.07) is 10.9. The van der Waals surface area contributed by atoms with Crippen LogP contribution in [0.3, 0.4) is 0 Å². The van der Waals surface area contributed by atoms with Gasteiger partial charge < -0.3 is 25.6 Å². The van der Waals surface area contributed by atoms with Crippen molar-refractivity contribution in [1.29, 1.82) is 5.26 Å². The monoisotopic (exact) mass is 512 g/mol. The molecule has 3 fully saturated rings. The lowest BCUT2D eigenvalue weighted by molar-refractivity contribution is -0.223. The van der Waals surface area contributed by atoms with Crippen molar-refractivity contribution < 1.29 is 14.9 Å². The van der Waals surface area contributed by atoms with E-state index in [1.165, 1.54) is 5.57 Å². The second kappa shape index (κ2) is 7.67. The second-order valence-electron chi connectivity index (χ2n) is 12.8. The summed E-state index contributed by atoms with van der Waals surface area (Å²) < 4.78 is 7.27. The fourth-order valence-corrected chi connectivity index (χ4v) is 9.05. The van der Waals surface area contributed by atoms with Crippen LogP contribution in [0, 0.1) is 28.1 Å². The van der Waals surface area contributed by atoms with Gasteiger partial charge in [-0.2, -0.15) is 5.26 Å². The maximum atomic E-state index is 11.3. The Morgan fingerprint density at radius 2 is 1.97 bits per heavy atom. The number of ether oxygens (including phenoxy) is 1. The van der Waals surface area contributed by atoms with Crippen molar-refractivity contribution in [1.82, 2.24) is 9.88 Å². The van der Waals surface area contributed by atoms with Crippen LogP contribution in [-0.2, 0) is 4.74 Å². The van der Waals surface area contributed by atoms with Crippen molar-refractivity contribution in [2.75, 3.05) is 19.8 Å². The number of nitrogens with two attached hydrogens (primary N) is 1. The molecule has 198 valence electrons. The highest BCUT2D eigenvalue weighted by molar-refractivity contribution is 5.93. The number of nitriles is 1. The number of benzene rings is 1. The Hall–Kier alpha value is -2.76. The largest absolute Gasteiger partial charge is 0.388 e. The Kier molecular flexibility index (Phi) is 4.90. The van der Waals surface area contributed by atoms with E-state index in [0.717, 1.165) is 47.6 Å². The topological polar surface area (TPSA) is 116 Å². The van der Waals surface area contributed by atoms with E-state index in [9.17, 15) is 15.5 Å². The Morgan fingerprint density at radius 1 is 1.16 bits per heavy atom. The van der Waals surface area contributed by atoms with Crippen molar-refractivity contribution in [2.45, 2.75) is 74.9 Å². The lowest BCUT2D eigenvalue weighted by Gasteiger charge is -2.61. The number of anilines is 1. The highest BCUT2D eigenvalue weighted by Crippen LogP contribution is 2.72. The molecule has 0 amide bonds. The van der Waals surface area contributed by atoms with Gasteiger partial charge in [-0.15, -0.1) is 0 Å². The molecule has 1 aromatic heterocycles. The van der Waals surface area contributed by atoms with E-state index in [2.05, 4.69) is 42.3 Å². The number of allylic oxidation sites excluding steroid dienone is 2. The van der Waals surface area contributed by atoms with Gasteiger partial charge in [0.1, 0.15) is 17.3 Å². The molecule has 2 unspecified atom stereocenters. The number of aliphatic hydroxyl groups excluding tert-OH is 2. The van der Waals surface area contributed by atoms with Gasteiger partial charge in [0.25, 0.3) is 0 Å². The van der Waals surface area contributed by atoms with E-state index < -0.39 is 28.8 Å². The zero-order valence-corrected chi connectivity index (χ0v) is 22.3. The van der Waals surface area contributed by atoms with Crippen molar-refractivity contribution in [3.05, 3.63) is 53.8 Å². The smallest absolute Gasteiger partial charge is 0.131 e. The maximum Gasteiger partial charge on any atom is 0.131 e. The average molecular weight is 513 g/mol. The molecule has 7 rings (SSSR count). The van der Waals surface area contributed by atoms with E-state index in [0.29, 0.717) is 18.7 Å². The first-order chi connectivity index (χ1) is 18.1. The van der Waals surface area contributed by atoms with Gasteiger partial charge >= 0.3 is 0 Å². The van der Waals surface area contributed by atoms with Gasteiger partial charge in [0.05, 0.1) is 23.4 Å². The Bertz CT molecular complexity index is 1460. The molecule has 3 heterocycles. The van der Waals surface area contributed by atoms with Crippen LogP contribution in [0.1, 0.15) is 51.0 Å². The number of nitrogens with zero attached hydrogens (tertiary/aromatic N) is 3. The molecule has 4 N–H and O–H groups in total. The van der Waals surface area contributed by atoms with Crippen LogP contribution in [-0.4, -0.2) is 63.6 Å². The summed E-state index contributed by atoms with van der Waals surface area (Å²) in [7, 11) is 3.88. The summed E-state index contributed by atoms with van der Waals surface area (Å²) in [5.74, 6) is 0.675. The quantitative estimate of drug-likeness (QED) is 0.524. The summed E-state index contributed by atoms with van der Waals surface area (Å²) >= 11 is 0. The molecule has 2 bridgehead atoms. The molecule has 8 atom stereocenters. The van der Waals surface area contributed by atoms with Crippen LogP contribution in [0.15, 0.2) is 48.2 Å². The van der Waals surface area contributed by atoms with E-state index in [-0.39, 0.29) is 17.4 Å². The third-order valence-electron chi connectivity index (χ3n) is 11.1. The van der Waals surface area contributed by atoms with Crippen molar-refractivity contribution in [2.24, 2.45) is 16.7 Å². The molecule has 1 aromatic carbocycles. The number of aromatic nitrogens is 1. The number of nitrogen functional groups attached to an aromatic ring is 1. The zero-order chi connectivity index (χ0) is 26.7. The second-order valence-corrected chi connectivity index (χ2v) is 12.8. The van der Waals surface area contributed by atoms with Crippen LogP contribution in [0.4, 0.5) is 5.82 Å². The molecule has 7 heteroatoms. The highest BCUT2D eigenvalue weighted by Gasteiger charge is 2.74. The van der Waals surface area contributed by atoms with E-state index in [1.807, 2.05) is 31.1 Å². The van der Waals surface area contributed by atoms with Crippen molar-refractivity contribution >= 4 is 22.2 Å². The molecule has 2 spiro atoms. The lowest BCUT2D eigenvalue weighted by Crippen LogP contribution is -2.66. The van der Waals surface area contributed by atoms with Crippen molar-refractivity contribution in [3.63, 3.8) is 0 Å². The van der Waals surface area contributed by atoms with Gasteiger partial charge in [0, 0.05) is 23.5 Å². The summed E-state index contributed by atoms with van der Waals surface area (Å²) in [5.41, 5.74) is 7.18. The molecule has 5 aliphatic rings. The minimum Gasteiger partial charge on any atom is -0.388 e. The standard InChI is InChI=1S/C31H36N4O3/c1-28-9-10-29(17-32)15-22-25(36)26(37)23(35(2)3)16-30(22)11-12-31(29,38-30)24(28)7-6-21(28)19-5-4-18-8-13-34-27(33)20(18)14-19/h4-6,8,13-15,23-26,36-37H,7,9-12,16H2,1-3H3,(H2,33,34)/t23-,24?,25+,26+,28+,29?,30+,31-/m0/s1. The molecular weight excluding hydrogens is 476 g/mol. The molecule has 38 heavy (non-hydrogen) atoms.